The molecule has 0 atom stereocenters. The lowest BCUT2D eigenvalue weighted by molar-refractivity contribution is -0.134. The van der Waals surface area contributed by atoms with E-state index in [1.165, 1.54) is 32.1 Å². The maximum absolute atomic E-state index is 12.2. The summed E-state index contributed by atoms with van der Waals surface area (Å²) in [5, 5.41) is 6.21. The monoisotopic (exact) mass is 323 g/mol. The van der Waals surface area contributed by atoms with Crippen LogP contribution in [0.1, 0.15) is 58.3 Å². The van der Waals surface area contributed by atoms with Crippen LogP contribution in [0.3, 0.4) is 0 Å². The number of hydrogen-bond donors (Lipinski definition) is 2. The summed E-state index contributed by atoms with van der Waals surface area (Å²) in [6.45, 7) is 6.00. The molecule has 0 bridgehead atoms. The van der Waals surface area contributed by atoms with Crippen LogP contribution in [-0.4, -0.2) is 49.4 Å². The predicted molar refractivity (Wildman–Crippen MR) is 92.0 cm³/mol. The van der Waals surface area contributed by atoms with Gasteiger partial charge >= 0.3 is 0 Å². The molecule has 0 aromatic heterocycles. The van der Waals surface area contributed by atoms with Crippen molar-refractivity contribution in [2.45, 2.75) is 58.3 Å². The Morgan fingerprint density at radius 1 is 1.00 bits per heavy atom. The summed E-state index contributed by atoms with van der Waals surface area (Å²) in [5.41, 5.74) is 0. The van der Waals surface area contributed by atoms with Gasteiger partial charge in [-0.15, -0.1) is 0 Å². The van der Waals surface area contributed by atoms with Gasteiger partial charge in [0.05, 0.1) is 6.54 Å². The number of amides is 2. The van der Waals surface area contributed by atoms with Crippen molar-refractivity contribution in [3.63, 3.8) is 0 Å². The first-order valence-electron chi connectivity index (χ1n) is 9.44. The second-order valence-corrected chi connectivity index (χ2v) is 7.12. The Hall–Kier alpha value is -1.10. The molecular formula is C18H33N3O2. The third-order valence-electron chi connectivity index (χ3n) is 5.29. The van der Waals surface area contributed by atoms with Crippen molar-refractivity contribution in [1.82, 2.24) is 15.5 Å². The van der Waals surface area contributed by atoms with E-state index in [4.69, 9.17) is 0 Å². The van der Waals surface area contributed by atoms with Crippen LogP contribution < -0.4 is 10.6 Å². The summed E-state index contributed by atoms with van der Waals surface area (Å²) < 4.78 is 0. The number of hydrogen-bond acceptors (Lipinski definition) is 3. The van der Waals surface area contributed by atoms with Crippen molar-refractivity contribution >= 4 is 11.8 Å². The number of carbonyl (C=O) groups is 2. The summed E-state index contributed by atoms with van der Waals surface area (Å²) in [6, 6.07) is 0. The molecule has 132 valence electrons. The Balaban J connectivity index is 1.60. The number of piperidine rings is 1. The van der Waals surface area contributed by atoms with Crippen LogP contribution in [0.4, 0.5) is 0 Å². The van der Waals surface area contributed by atoms with Gasteiger partial charge < -0.3 is 15.5 Å². The maximum Gasteiger partial charge on any atom is 0.241 e. The minimum atomic E-state index is 0.0484. The Bertz CT molecular complexity index is 372. The third-order valence-corrected chi connectivity index (χ3v) is 5.29. The molecule has 1 saturated carbocycles. The first kappa shape index (κ1) is 18.2. The topological polar surface area (TPSA) is 61.4 Å². The Morgan fingerprint density at radius 3 is 2.35 bits per heavy atom. The van der Waals surface area contributed by atoms with Gasteiger partial charge in [-0.3, -0.25) is 9.59 Å². The lowest BCUT2D eigenvalue weighted by Gasteiger charge is -2.32. The summed E-state index contributed by atoms with van der Waals surface area (Å²) in [4.78, 5) is 26.1. The van der Waals surface area contributed by atoms with E-state index in [0.717, 1.165) is 39.0 Å². The van der Waals surface area contributed by atoms with Crippen molar-refractivity contribution in [1.29, 1.82) is 0 Å². The lowest BCUT2D eigenvalue weighted by atomic mass is 9.87. The van der Waals surface area contributed by atoms with Gasteiger partial charge in [0.2, 0.25) is 11.8 Å². The number of carbonyl (C=O) groups excluding carboxylic acids is 2. The minimum Gasteiger partial charge on any atom is -0.347 e. The third kappa shape index (κ3) is 6.50. The van der Waals surface area contributed by atoms with E-state index in [1.807, 2.05) is 4.90 Å². The van der Waals surface area contributed by atoms with Crippen molar-refractivity contribution < 1.29 is 9.59 Å². The molecule has 1 aliphatic carbocycles. The molecule has 1 heterocycles. The summed E-state index contributed by atoms with van der Waals surface area (Å²) in [7, 11) is 0. The summed E-state index contributed by atoms with van der Waals surface area (Å²) >= 11 is 0. The van der Waals surface area contributed by atoms with Gasteiger partial charge in [0, 0.05) is 19.5 Å². The van der Waals surface area contributed by atoms with Crippen LogP contribution in [0.25, 0.3) is 0 Å². The first-order chi connectivity index (χ1) is 11.2. The van der Waals surface area contributed by atoms with Crippen LogP contribution in [-0.2, 0) is 9.59 Å². The molecule has 5 nitrogen and oxygen atoms in total. The highest BCUT2D eigenvalue weighted by molar-refractivity contribution is 5.84. The van der Waals surface area contributed by atoms with Crippen LogP contribution in [0.2, 0.25) is 0 Å². The standard InChI is InChI=1S/C18H33N3O2/c1-2-19-13-16-8-10-21(11-9-16)18(23)14-20-17(22)12-15-6-4-3-5-7-15/h15-16,19H,2-14H2,1H3,(H,20,22). The first-order valence-corrected chi connectivity index (χ1v) is 9.44. The molecule has 2 N–H and O–H groups in total. The van der Waals surface area contributed by atoms with E-state index in [1.54, 1.807) is 0 Å². The van der Waals surface area contributed by atoms with Gasteiger partial charge in [0.25, 0.3) is 0 Å². The molecule has 1 saturated heterocycles. The van der Waals surface area contributed by atoms with Crippen LogP contribution in [0.5, 0.6) is 0 Å². The second kappa shape index (κ2) is 9.91. The van der Waals surface area contributed by atoms with Crippen molar-refractivity contribution in [3.05, 3.63) is 0 Å². The zero-order valence-corrected chi connectivity index (χ0v) is 14.6. The summed E-state index contributed by atoms with van der Waals surface area (Å²) in [6.07, 6.45) is 8.86. The molecule has 0 spiro atoms. The van der Waals surface area contributed by atoms with E-state index < -0.39 is 0 Å². The number of likely N-dealkylation sites (tertiary alicyclic amines) is 1. The highest BCUT2D eigenvalue weighted by Crippen LogP contribution is 2.26. The van der Waals surface area contributed by atoms with Gasteiger partial charge in [-0.1, -0.05) is 26.2 Å². The average molecular weight is 323 g/mol. The highest BCUT2D eigenvalue weighted by atomic mass is 16.2. The predicted octanol–water partition coefficient (Wildman–Crippen LogP) is 1.92. The minimum absolute atomic E-state index is 0.0484. The number of nitrogens with one attached hydrogen (secondary N) is 2. The van der Waals surface area contributed by atoms with E-state index >= 15 is 0 Å². The molecule has 0 aromatic carbocycles. The van der Waals surface area contributed by atoms with E-state index in [-0.39, 0.29) is 18.4 Å². The quantitative estimate of drug-likeness (QED) is 0.752. The fourth-order valence-corrected chi connectivity index (χ4v) is 3.75. The fourth-order valence-electron chi connectivity index (χ4n) is 3.75. The van der Waals surface area contributed by atoms with E-state index in [2.05, 4.69) is 17.6 Å². The van der Waals surface area contributed by atoms with Gasteiger partial charge in [-0.05, 0) is 50.6 Å². The van der Waals surface area contributed by atoms with Crippen LogP contribution in [0.15, 0.2) is 0 Å². The van der Waals surface area contributed by atoms with Gasteiger partial charge in [0.15, 0.2) is 0 Å². The Morgan fingerprint density at radius 2 is 1.70 bits per heavy atom. The molecule has 23 heavy (non-hydrogen) atoms. The van der Waals surface area contributed by atoms with Gasteiger partial charge in [-0.2, -0.15) is 0 Å². The highest BCUT2D eigenvalue weighted by Gasteiger charge is 2.23. The number of rotatable bonds is 7. The van der Waals surface area contributed by atoms with Gasteiger partial charge in [0.1, 0.15) is 0 Å². The smallest absolute Gasteiger partial charge is 0.241 e. The lowest BCUT2D eigenvalue weighted by Crippen LogP contribution is -2.45. The van der Waals surface area contributed by atoms with Crippen LogP contribution >= 0.6 is 0 Å². The molecule has 1 aliphatic heterocycles. The molecule has 0 aromatic rings. The largest absolute Gasteiger partial charge is 0.347 e. The Kier molecular flexibility index (Phi) is 7.86. The number of nitrogens with zero attached hydrogens (tertiary/aromatic N) is 1. The average Bonchev–Trinajstić information content (AvgIpc) is 2.59. The van der Waals surface area contributed by atoms with Crippen molar-refractivity contribution in [2.24, 2.45) is 11.8 Å². The van der Waals surface area contributed by atoms with E-state index in [9.17, 15) is 9.59 Å². The Labute approximate surface area is 140 Å². The normalized spacial score (nSPS) is 20.5. The van der Waals surface area contributed by atoms with Crippen molar-refractivity contribution in [3.8, 4) is 0 Å². The molecular weight excluding hydrogens is 290 g/mol. The zero-order chi connectivity index (χ0) is 16.5. The fraction of sp³-hybridized carbons (Fsp3) is 0.889. The zero-order valence-electron chi connectivity index (χ0n) is 14.6. The molecule has 5 heteroatoms. The molecule has 2 amide bonds. The molecule has 2 fully saturated rings. The maximum atomic E-state index is 12.2. The van der Waals surface area contributed by atoms with Crippen LogP contribution in [0, 0.1) is 11.8 Å². The van der Waals surface area contributed by atoms with Gasteiger partial charge in [-0.25, -0.2) is 0 Å². The molecule has 0 radical (unpaired) electrons. The SMILES string of the molecule is CCNCC1CCN(C(=O)CNC(=O)CC2CCCCC2)CC1. The van der Waals surface area contributed by atoms with E-state index in [0.29, 0.717) is 18.3 Å². The van der Waals surface area contributed by atoms with Crippen molar-refractivity contribution in [2.75, 3.05) is 32.7 Å². The second-order valence-electron chi connectivity index (χ2n) is 7.12. The summed E-state index contributed by atoms with van der Waals surface area (Å²) in [5.74, 6) is 1.33. The molecule has 2 rings (SSSR count). The molecule has 2 aliphatic rings. The molecule has 0 unspecified atom stereocenters.